The number of halogens is 4. The van der Waals surface area contributed by atoms with Gasteiger partial charge in [0.15, 0.2) is 5.69 Å². The smallest absolute Gasteiger partial charge is 0.298 e. The van der Waals surface area contributed by atoms with E-state index in [1.807, 2.05) is 6.92 Å². The average Bonchev–Trinajstić information content (AvgIpc) is 3.13. The third-order valence-corrected chi connectivity index (χ3v) is 5.85. The summed E-state index contributed by atoms with van der Waals surface area (Å²) in [6.45, 7) is 1.93. The maximum atomic E-state index is 13.5. The molecule has 33 heavy (non-hydrogen) atoms. The van der Waals surface area contributed by atoms with Crippen molar-refractivity contribution in [1.29, 1.82) is 0 Å². The van der Waals surface area contributed by atoms with Crippen molar-refractivity contribution in [2.45, 2.75) is 50.7 Å². The predicted octanol–water partition coefficient (Wildman–Crippen LogP) is 1.43. The Bertz CT molecular complexity index is 923. The molecule has 4 amide bonds. The zero-order valence-electron chi connectivity index (χ0n) is 17.6. The van der Waals surface area contributed by atoms with Gasteiger partial charge in [0.2, 0.25) is 11.7 Å². The Labute approximate surface area is 191 Å². The number of amides is 4. The van der Waals surface area contributed by atoms with E-state index in [1.54, 1.807) is 0 Å². The Kier molecular flexibility index (Phi) is 7.50. The monoisotopic (exact) mass is 493 g/mol. The first kappa shape index (κ1) is 24.8. The van der Waals surface area contributed by atoms with E-state index >= 15 is 0 Å². The van der Waals surface area contributed by atoms with E-state index < -0.39 is 53.2 Å². The topological polar surface area (TPSA) is 134 Å². The number of nitrogens with one attached hydrogen (secondary N) is 3. The summed E-state index contributed by atoms with van der Waals surface area (Å²) in [6.07, 6.45) is -0.874. The molecule has 1 aliphatic heterocycles. The molecule has 1 saturated heterocycles. The minimum absolute atomic E-state index is 0.163. The van der Waals surface area contributed by atoms with E-state index in [0.717, 1.165) is 18.9 Å². The van der Waals surface area contributed by atoms with Crippen LogP contribution in [0.2, 0.25) is 0 Å². The number of rotatable bonds is 9. The van der Waals surface area contributed by atoms with Crippen LogP contribution in [0.3, 0.4) is 0 Å². The van der Waals surface area contributed by atoms with Gasteiger partial charge in [0, 0.05) is 12.6 Å². The molecule has 2 heterocycles. The van der Waals surface area contributed by atoms with Gasteiger partial charge in [-0.25, -0.2) is 18.2 Å². The third-order valence-electron chi connectivity index (χ3n) is 5.66. The number of aromatic nitrogens is 1. The molecule has 0 aromatic carbocycles. The van der Waals surface area contributed by atoms with Gasteiger partial charge in [0.05, 0.1) is 12.5 Å². The molecular formula is C19H23ClF3N5O5. The molecule has 3 N–H and O–H groups in total. The van der Waals surface area contributed by atoms with E-state index in [4.69, 9.17) is 11.6 Å². The van der Waals surface area contributed by atoms with Crippen molar-refractivity contribution in [3.63, 3.8) is 0 Å². The van der Waals surface area contributed by atoms with Crippen molar-refractivity contribution >= 4 is 35.2 Å². The number of carbonyl (C=O) groups excluding carboxylic acids is 4. The first-order chi connectivity index (χ1) is 15.5. The van der Waals surface area contributed by atoms with Gasteiger partial charge >= 0.3 is 0 Å². The lowest BCUT2D eigenvalue weighted by Crippen LogP contribution is -2.57. The van der Waals surface area contributed by atoms with Gasteiger partial charge in [-0.05, 0) is 31.1 Å². The number of carbonyl (C=O) groups is 4. The summed E-state index contributed by atoms with van der Waals surface area (Å²) in [4.78, 5) is 49.5. The SMILES string of the molecule is CC1(CC(NC(=O)c2cc(C(F)F)on2)C(=O)NN(C[C@@H]2CCNC2=O)C(=O)C(F)Cl)CC1. The number of alkyl halides is 4. The van der Waals surface area contributed by atoms with E-state index in [-0.39, 0.29) is 24.3 Å². The molecule has 0 radical (unpaired) electrons. The Hall–Kier alpha value is -2.83. The van der Waals surface area contributed by atoms with Crippen molar-refractivity contribution < 1.29 is 36.9 Å². The van der Waals surface area contributed by atoms with Gasteiger partial charge in [0.1, 0.15) is 6.04 Å². The van der Waals surface area contributed by atoms with Crippen LogP contribution < -0.4 is 16.1 Å². The van der Waals surface area contributed by atoms with Crippen LogP contribution in [0.15, 0.2) is 10.6 Å². The normalized spacial score (nSPS) is 20.7. The highest BCUT2D eigenvalue weighted by molar-refractivity contribution is 6.29. The summed E-state index contributed by atoms with van der Waals surface area (Å²) in [6, 6.07) is -0.457. The van der Waals surface area contributed by atoms with E-state index in [9.17, 15) is 32.3 Å². The molecule has 0 bridgehead atoms. The molecular weight excluding hydrogens is 471 g/mol. The Balaban J connectivity index is 1.73. The van der Waals surface area contributed by atoms with E-state index in [2.05, 4.69) is 25.7 Å². The lowest BCUT2D eigenvalue weighted by atomic mass is 9.98. The molecule has 3 atom stereocenters. The molecule has 1 saturated carbocycles. The van der Waals surface area contributed by atoms with Crippen molar-refractivity contribution in [3.8, 4) is 0 Å². The molecule has 14 heteroatoms. The molecule has 3 rings (SSSR count). The van der Waals surface area contributed by atoms with Crippen molar-refractivity contribution in [2.75, 3.05) is 13.1 Å². The zero-order chi connectivity index (χ0) is 24.3. The lowest BCUT2D eigenvalue weighted by Gasteiger charge is -2.28. The van der Waals surface area contributed by atoms with Crippen LogP contribution in [0, 0.1) is 11.3 Å². The highest BCUT2D eigenvalue weighted by atomic mass is 35.5. The van der Waals surface area contributed by atoms with E-state index in [1.165, 1.54) is 0 Å². The summed E-state index contributed by atoms with van der Waals surface area (Å²) >= 11 is 5.26. The molecule has 2 fully saturated rings. The fourth-order valence-corrected chi connectivity index (χ4v) is 3.53. The van der Waals surface area contributed by atoms with Gasteiger partial charge in [-0.15, -0.1) is 0 Å². The molecule has 2 unspecified atom stereocenters. The summed E-state index contributed by atoms with van der Waals surface area (Å²) in [7, 11) is 0. The number of hydrogen-bond donors (Lipinski definition) is 3. The van der Waals surface area contributed by atoms with Crippen LogP contribution in [0.4, 0.5) is 13.2 Å². The van der Waals surface area contributed by atoms with Crippen LogP contribution in [0.5, 0.6) is 0 Å². The van der Waals surface area contributed by atoms with Crippen molar-refractivity contribution in [3.05, 3.63) is 17.5 Å². The molecule has 1 aliphatic carbocycles. The van der Waals surface area contributed by atoms with Gasteiger partial charge in [-0.1, -0.05) is 23.7 Å². The van der Waals surface area contributed by atoms with Crippen LogP contribution in [0.25, 0.3) is 0 Å². The van der Waals surface area contributed by atoms with Crippen molar-refractivity contribution in [1.82, 2.24) is 26.2 Å². The molecule has 10 nitrogen and oxygen atoms in total. The lowest BCUT2D eigenvalue weighted by molar-refractivity contribution is -0.145. The highest BCUT2D eigenvalue weighted by Crippen LogP contribution is 2.48. The quantitative estimate of drug-likeness (QED) is 0.352. The minimum atomic E-state index is -2.97. The fourth-order valence-electron chi connectivity index (χ4n) is 3.41. The molecule has 1 aromatic rings. The Morgan fingerprint density at radius 3 is 2.58 bits per heavy atom. The Morgan fingerprint density at radius 2 is 2.06 bits per heavy atom. The van der Waals surface area contributed by atoms with Gasteiger partial charge in [-0.2, -0.15) is 0 Å². The first-order valence-corrected chi connectivity index (χ1v) is 10.7. The molecule has 1 aromatic heterocycles. The molecule has 0 spiro atoms. The number of nitrogens with zero attached hydrogens (tertiary/aromatic N) is 2. The number of hydrazine groups is 1. The first-order valence-electron chi connectivity index (χ1n) is 10.2. The van der Waals surface area contributed by atoms with Gasteiger partial charge in [-0.3, -0.25) is 24.6 Å². The maximum absolute atomic E-state index is 13.5. The summed E-state index contributed by atoms with van der Waals surface area (Å²) in [5, 5.41) is 8.86. The second-order valence-electron chi connectivity index (χ2n) is 8.46. The average molecular weight is 494 g/mol. The summed E-state index contributed by atoms with van der Waals surface area (Å²) < 4.78 is 43.3. The molecule has 2 aliphatic rings. The minimum Gasteiger partial charge on any atom is -0.356 e. The largest absolute Gasteiger partial charge is 0.356 e. The van der Waals surface area contributed by atoms with Gasteiger partial charge < -0.3 is 15.2 Å². The van der Waals surface area contributed by atoms with Crippen LogP contribution in [-0.2, 0) is 14.4 Å². The second kappa shape index (κ2) is 9.98. The maximum Gasteiger partial charge on any atom is 0.298 e. The Morgan fingerprint density at radius 1 is 1.36 bits per heavy atom. The summed E-state index contributed by atoms with van der Waals surface area (Å²) in [5.41, 5.74) is -0.944. The number of hydrogen-bond acceptors (Lipinski definition) is 6. The zero-order valence-corrected chi connectivity index (χ0v) is 18.3. The van der Waals surface area contributed by atoms with Crippen LogP contribution >= 0.6 is 11.6 Å². The van der Waals surface area contributed by atoms with Crippen LogP contribution in [0.1, 0.15) is 55.3 Å². The highest BCUT2D eigenvalue weighted by Gasteiger charge is 2.42. The fraction of sp³-hybridized carbons (Fsp3) is 0.632. The standard InChI is InChI=1S/C19H23ClF3N5O5/c1-19(3-4-19)7-11(25-16(30)10-6-12(14(22)23)33-27-10)17(31)26-28(18(32)13(20)21)8-9-2-5-24-15(9)29/h6,9,11,13-14H,2-5,7-8H2,1H3,(H,24,29)(H,25,30)(H,26,31)/t9-,11?,13?/m0/s1. The third kappa shape index (κ3) is 6.36. The van der Waals surface area contributed by atoms with E-state index in [0.29, 0.717) is 18.0 Å². The summed E-state index contributed by atoms with van der Waals surface area (Å²) in [5.74, 6) is -4.92. The predicted molar refractivity (Wildman–Crippen MR) is 106 cm³/mol. The van der Waals surface area contributed by atoms with Crippen molar-refractivity contribution in [2.24, 2.45) is 11.3 Å². The van der Waals surface area contributed by atoms with Gasteiger partial charge in [0.25, 0.3) is 29.8 Å². The second-order valence-corrected chi connectivity index (χ2v) is 8.84. The molecule has 182 valence electrons. The van der Waals surface area contributed by atoms with Crippen LogP contribution in [-0.4, -0.2) is 58.6 Å².